The molecule has 132 valence electrons. The minimum absolute atomic E-state index is 0.0222. The molecule has 0 radical (unpaired) electrons. The lowest BCUT2D eigenvalue weighted by Gasteiger charge is -2.14. The highest BCUT2D eigenvalue weighted by Gasteiger charge is 2.21. The number of benzene rings is 1. The van der Waals surface area contributed by atoms with Gasteiger partial charge in [0.2, 0.25) is 0 Å². The summed E-state index contributed by atoms with van der Waals surface area (Å²) in [5, 5.41) is 20.0. The molecular formula is C16H21NO6S. The summed E-state index contributed by atoms with van der Waals surface area (Å²) in [6.07, 6.45) is 1.97. The van der Waals surface area contributed by atoms with Gasteiger partial charge in [-0.25, -0.2) is 4.79 Å². The lowest BCUT2D eigenvalue weighted by Crippen LogP contribution is -2.42. The van der Waals surface area contributed by atoms with Crippen LogP contribution in [-0.4, -0.2) is 52.2 Å². The quantitative estimate of drug-likeness (QED) is 0.519. The van der Waals surface area contributed by atoms with Crippen LogP contribution < -0.4 is 10.1 Å². The lowest BCUT2D eigenvalue weighted by molar-refractivity contribution is -0.138. The molecule has 0 aliphatic heterocycles. The summed E-state index contributed by atoms with van der Waals surface area (Å²) in [6, 6.07) is 5.26. The summed E-state index contributed by atoms with van der Waals surface area (Å²) < 4.78 is 5.49. The van der Waals surface area contributed by atoms with Crippen molar-refractivity contribution in [1.29, 1.82) is 0 Å². The van der Waals surface area contributed by atoms with Crippen molar-refractivity contribution in [3.63, 3.8) is 0 Å². The molecule has 1 rings (SSSR count). The Kier molecular flexibility index (Phi) is 8.70. The molecule has 7 nitrogen and oxygen atoms in total. The van der Waals surface area contributed by atoms with Crippen molar-refractivity contribution in [1.82, 2.24) is 5.32 Å². The van der Waals surface area contributed by atoms with Gasteiger partial charge in [-0.1, -0.05) is 13.3 Å². The highest BCUT2D eigenvalue weighted by Crippen LogP contribution is 2.13. The number of carboxylic acids is 2. The second-order valence-corrected chi connectivity index (χ2v) is 6.03. The summed E-state index contributed by atoms with van der Waals surface area (Å²) in [5.41, 5.74) is 0.312. The molecule has 8 heteroatoms. The monoisotopic (exact) mass is 355 g/mol. The van der Waals surface area contributed by atoms with Gasteiger partial charge in [-0.05, 0) is 30.7 Å². The number of carbonyl (C=O) groups is 3. The molecule has 1 aromatic carbocycles. The molecule has 0 bridgehead atoms. The molecule has 0 spiro atoms. The fraction of sp³-hybridized carbons (Fsp3) is 0.438. The zero-order valence-electron chi connectivity index (χ0n) is 13.4. The number of unbranched alkanes of at least 4 members (excludes halogenated alkanes) is 1. The van der Waals surface area contributed by atoms with E-state index in [2.05, 4.69) is 12.2 Å². The number of nitrogens with one attached hydrogen (secondary N) is 1. The molecule has 0 fully saturated rings. The number of ether oxygens (including phenoxy) is 1. The number of carbonyl (C=O) groups excluding carboxylic acids is 1. The number of thioether (sulfide) groups is 1. The van der Waals surface area contributed by atoms with E-state index in [4.69, 9.17) is 14.9 Å². The fourth-order valence-electron chi connectivity index (χ4n) is 1.72. The molecule has 24 heavy (non-hydrogen) atoms. The Morgan fingerprint density at radius 2 is 1.88 bits per heavy atom. The summed E-state index contributed by atoms with van der Waals surface area (Å²) in [7, 11) is 0. The molecule has 0 saturated carbocycles. The Morgan fingerprint density at radius 3 is 2.42 bits per heavy atom. The van der Waals surface area contributed by atoms with Crippen LogP contribution in [0.4, 0.5) is 0 Å². The zero-order valence-corrected chi connectivity index (χ0v) is 14.2. The number of aliphatic carboxylic acids is 2. The third kappa shape index (κ3) is 7.36. The van der Waals surface area contributed by atoms with Gasteiger partial charge >= 0.3 is 11.9 Å². The fourth-order valence-corrected chi connectivity index (χ4v) is 2.47. The molecule has 0 aromatic heterocycles. The van der Waals surface area contributed by atoms with Crippen LogP contribution in [0.1, 0.15) is 30.1 Å². The van der Waals surface area contributed by atoms with Crippen LogP contribution in [0.5, 0.6) is 5.75 Å². The summed E-state index contributed by atoms with van der Waals surface area (Å²) in [6.45, 7) is 2.66. The second-order valence-electron chi connectivity index (χ2n) is 5.00. The third-order valence-electron chi connectivity index (χ3n) is 3.00. The zero-order chi connectivity index (χ0) is 17.9. The second kappa shape index (κ2) is 10.5. The molecule has 0 heterocycles. The largest absolute Gasteiger partial charge is 0.494 e. The number of rotatable bonds is 11. The van der Waals surface area contributed by atoms with Gasteiger partial charge in [0.15, 0.2) is 0 Å². The van der Waals surface area contributed by atoms with E-state index in [0.717, 1.165) is 24.6 Å². The van der Waals surface area contributed by atoms with Gasteiger partial charge in [0.1, 0.15) is 11.8 Å². The van der Waals surface area contributed by atoms with Crippen molar-refractivity contribution in [2.75, 3.05) is 18.1 Å². The molecule has 3 N–H and O–H groups in total. The number of hydrogen-bond donors (Lipinski definition) is 3. The Balaban J connectivity index is 2.57. The summed E-state index contributed by atoms with van der Waals surface area (Å²) in [5.74, 6) is -2.37. The normalized spacial score (nSPS) is 11.5. The Labute approximate surface area is 144 Å². The average Bonchev–Trinajstić information content (AvgIpc) is 2.54. The van der Waals surface area contributed by atoms with Crippen LogP contribution in [0, 0.1) is 0 Å². The van der Waals surface area contributed by atoms with E-state index in [9.17, 15) is 14.4 Å². The van der Waals surface area contributed by atoms with Crippen LogP contribution >= 0.6 is 11.8 Å². The van der Waals surface area contributed by atoms with Crippen LogP contribution in [0.3, 0.4) is 0 Å². The van der Waals surface area contributed by atoms with Gasteiger partial charge in [-0.3, -0.25) is 9.59 Å². The Hall–Kier alpha value is -2.22. The average molecular weight is 355 g/mol. The first kappa shape index (κ1) is 19.8. The SMILES string of the molecule is CCCCOc1ccc(C(=O)N[C@@H](CSCC(=O)O)C(=O)O)cc1. The molecule has 0 saturated heterocycles. The van der Waals surface area contributed by atoms with Crippen molar-refractivity contribution in [2.45, 2.75) is 25.8 Å². The van der Waals surface area contributed by atoms with Gasteiger partial charge in [0, 0.05) is 11.3 Å². The van der Waals surface area contributed by atoms with Gasteiger partial charge < -0.3 is 20.3 Å². The van der Waals surface area contributed by atoms with Gasteiger partial charge in [-0.2, -0.15) is 0 Å². The Bertz CT molecular complexity index is 560. The molecule has 1 amide bonds. The predicted molar refractivity (Wildman–Crippen MR) is 90.7 cm³/mol. The smallest absolute Gasteiger partial charge is 0.327 e. The van der Waals surface area contributed by atoms with Gasteiger partial charge in [-0.15, -0.1) is 11.8 Å². The highest BCUT2D eigenvalue weighted by molar-refractivity contribution is 8.00. The first-order chi connectivity index (χ1) is 11.4. The maximum absolute atomic E-state index is 12.1. The third-order valence-corrected chi connectivity index (χ3v) is 4.02. The van der Waals surface area contributed by atoms with E-state index < -0.39 is 23.9 Å². The molecule has 1 atom stereocenters. The maximum Gasteiger partial charge on any atom is 0.327 e. The van der Waals surface area contributed by atoms with E-state index in [0.29, 0.717) is 17.9 Å². The lowest BCUT2D eigenvalue weighted by atomic mass is 10.2. The summed E-state index contributed by atoms with van der Waals surface area (Å²) >= 11 is 0.934. The van der Waals surface area contributed by atoms with E-state index >= 15 is 0 Å². The molecule has 0 unspecified atom stereocenters. The van der Waals surface area contributed by atoms with Crippen LogP contribution in [0.15, 0.2) is 24.3 Å². The van der Waals surface area contributed by atoms with Gasteiger partial charge in [0.05, 0.1) is 12.4 Å². The van der Waals surface area contributed by atoms with E-state index in [1.165, 1.54) is 0 Å². The van der Waals surface area contributed by atoms with E-state index in [1.54, 1.807) is 24.3 Å². The summed E-state index contributed by atoms with van der Waals surface area (Å²) in [4.78, 5) is 33.7. The predicted octanol–water partition coefficient (Wildman–Crippen LogP) is 1.87. The van der Waals surface area contributed by atoms with Crippen LogP contribution in [0.2, 0.25) is 0 Å². The highest BCUT2D eigenvalue weighted by atomic mass is 32.2. The maximum atomic E-state index is 12.1. The molecular weight excluding hydrogens is 334 g/mol. The first-order valence-corrected chi connectivity index (χ1v) is 8.65. The van der Waals surface area contributed by atoms with Gasteiger partial charge in [0.25, 0.3) is 5.91 Å². The van der Waals surface area contributed by atoms with Crippen molar-refractivity contribution in [3.8, 4) is 5.75 Å². The van der Waals surface area contributed by atoms with E-state index in [-0.39, 0.29) is 11.5 Å². The van der Waals surface area contributed by atoms with Crippen molar-refractivity contribution in [2.24, 2.45) is 0 Å². The minimum atomic E-state index is -1.21. The molecule has 1 aromatic rings. The van der Waals surface area contributed by atoms with Crippen LogP contribution in [-0.2, 0) is 9.59 Å². The molecule has 0 aliphatic rings. The van der Waals surface area contributed by atoms with Crippen molar-refractivity contribution < 1.29 is 29.3 Å². The van der Waals surface area contributed by atoms with E-state index in [1.807, 2.05) is 0 Å². The topological polar surface area (TPSA) is 113 Å². The minimum Gasteiger partial charge on any atom is -0.494 e. The number of carboxylic acid groups (broad SMARTS) is 2. The van der Waals surface area contributed by atoms with Crippen molar-refractivity contribution >= 4 is 29.6 Å². The van der Waals surface area contributed by atoms with Crippen LogP contribution in [0.25, 0.3) is 0 Å². The number of hydrogen-bond acceptors (Lipinski definition) is 5. The van der Waals surface area contributed by atoms with Crippen molar-refractivity contribution in [3.05, 3.63) is 29.8 Å². The Morgan fingerprint density at radius 1 is 1.21 bits per heavy atom. The first-order valence-electron chi connectivity index (χ1n) is 7.50. The molecule has 0 aliphatic carbocycles. The standard InChI is InChI=1S/C16H21NO6S/c1-2-3-8-23-12-6-4-11(5-7-12)15(20)17-13(16(21)22)9-24-10-14(18)19/h4-7,13H,2-3,8-10H2,1H3,(H,17,20)(H,18,19)(H,21,22)/t13-/m0/s1. The number of amides is 1.